The van der Waals surface area contributed by atoms with Crippen molar-refractivity contribution < 1.29 is 33.6 Å². The van der Waals surface area contributed by atoms with Gasteiger partial charge in [0.05, 0.1) is 0 Å². The Morgan fingerprint density at radius 3 is 1.57 bits per heavy atom. The van der Waals surface area contributed by atoms with Gasteiger partial charge in [0.1, 0.15) is 0 Å². The van der Waals surface area contributed by atoms with Crippen LogP contribution >= 0.6 is 0 Å². The molecule has 4 nitrogen and oxygen atoms in total. The van der Waals surface area contributed by atoms with Gasteiger partial charge < -0.3 is 0 Å². The molecule has 2 aromatic carbocycles. The third-order valence-electron chi connectivity index (χ3n) is 6.71. The fourth-order valence-electron chi connectivity index (χ4n) is 5.64. The van der Waals surface area contributed by atoms with Gasteiger partial charge in [-0.3, -0.25) is 0 Å². The zero-order valence-corrected chi connectivity index (χ0v) is 20.1. The Bertz CT molecular complexity index is 1070. The maximum absolute atomic E-state index is 12.5. The summed E-state index contributed by atoms with van der Waals surface area (Å²) in [5.41, 5.74) is 4.58. The molecule has 0 radical (unpaired) electrons. The van der Waals surface area contributed by atoms with Gasteiger partial charge in [-0.05, 0) is 0 Å². The molecule has 0 amide bonds. The minimum atomic E-state index is -4.17. The molecular formula is C24H24O4SiTi. The van der Waals surface area contributed by atoms with E-state index in [0.29, 0.717) is 0 Å². The number of fused-ring (bicyclic) bond motifs is 6. The van der Waals surface area contributed by atoms with Gasteiger partial charge in [-0.2, -0.15) is 0 Å². The van der Waals surface area contributed by atoms with Crippen LogP contribution in [0.25, 0.3) is 12.2 Å². The Kier molecular flexibility index (Phi) is 4.37. The fraction of sp³-hybridized carbons (Fsp3) is 0.250. The van der Waals surface area contributed by atoms with Crippen molar-refractivity contribution in [3.63, 3.8) is 0 Å². The molecule has 152 valence electrons. The Labute approximate surface area is 181 Å². The second-order valence-corrected chi connectivity index (χ2v) is 18.0. The zero-order valence-electron chi connectivity index (χ0n) is 17.6. The van der Waals surface area contributed by atoms with Gasteiger partial charge in [0.25, 0.3) is 0 Å². The number of benzene rings is 2. The Morgan fingerprint density at radius 1 is 0.767 bits per heavy atom. The number of hydrogen-bond acceptors (Lipinski definition) is 4. The van der Waals surface area contributed by atoms with Gasteiger partial charge in [0.2, 0.25) is 0 Å². The average Bonchev–Trinajstić information content (AvgIpc) is 3.26. The van der Waals surface area contributed by atoms with Gasteiger partial charge in [-0.1, -0.05) is 0 Å². The molecule has 5 rings (SSSR count). The van der Waals surface area contributed by atoms with Crippen molar-refractivity contribution in [2.24, 2.45) is 0 Å². The van der Waals surface area contributed by atoms with Gasteiger partial charge in [0.15, 0.2) is 0 Å². The van der Waals surface area contributed by atoms with Crippen LogP contribution in [0, 0.1) is 0 Å². The molecule has 3 aliphatic rings. The van der Waals surface area contributed by atoms with Gasteiger partial charge in [0, 0.05) is 0 Å². The summed E-state index contributed by atoms with van der Waals surface area (Å²) in [7, 11) is -2.05. The first-order valence-electron chi connectivity index (χ1n) is 10.3. The van der Waals surface area contributed by atoms with E-state index in [1.165, 1.54) is 24.2 Å². The van der Waals surface area contributed by atoms with E-state index in [9.17, 15) is 9.59 Å². The Morgan fingerprint density at radius 2 is 1.17 bits per heavy atom. The standard InChI is InChI=1S/C20H18Si.2C2H4O2.Ti/c1-21(2,19-11-15-7-3-4-8-16(15)12-19)20-13-17-9-5-6-10-18(17)14-20;2*1-2(3)4;/h3-14H,1-2H3;2*1H3,(H,3,4);/q;;;+2/p-2. The van der Waals surface area contributed by atoms with Crippen LogP contribution in [-0.4, -0.2) is 20.0 Å². The van der Waals surface area contributed by atoms with Crippen molar-refractivity contribution >= 4 is 32.2 Å². The molecule has 1 aliphatic heterocycles. The van der Waals surface area contributed by atoms with Crippen LogP contribution in [0.2, 0.25) is 13.1 Å². The molecule has 0 saturated carbocycles. The Balaban J connectivity index is 1.86. The monoisotopic (exact) mass is 452 g/mol. The van der Waals surface area contributed by atoms with E-state index < -0.39 is 25.4 Å². The zero-order chi connectivity index (χ0) is 21.3. The van der Waals surface area contributed by atoms with E-state index in [1.54, 1.807) is 0 Å². The molecule has 1 saturated heterocycles. The number of hydrogen-bond donors (Lipinski definition) is 0. The van der Waals surface area contributed by atoms with E-state index in [-0.39, 0.29) is 20.4 Å². The predicted octanol–water partition coefficient (Wildman–Crippen LogP) is 5.17. The first kappa shape index (κ1) is 19.7. The van der Waals surface area contributed by atoms with Gasteiger partial charge >= 0.3 is 182 Å². The van der Waals surface area contributed by atoms with E-state index >= 15 is 0 Å². The third kappa shape index (κ3) is 2.62. The van der Waals surface area contributed by atoms with E-state index in [4.69, 9.17) is 6.64 Å². The summed E-state index contributed by atoms with van der Waals surface area (Å²) in [6, 6.07) is 16.5. The molecule has 2 atom stereocenters. The minimum absolute atomic E-state index is 0.121. The van der Waals surface area contributed by atoms with Crippen molar-refractivity contribution in [1.29, 1.82) is 0 Å². The van der Waals surface area contributed by atoms with E-state index in [0.717, 1.165) is 22.3 Å². The number of carbonyl (C=O) groups is 2. The van der Waals surface area contributed by atoms with Crippen molar-refractivity contribution in [2.75, 3.05) is 0 Å². The summed E-state index contributed by atoms with van der Waals surface area (Å²) >= 11 is -4.17. The molecule has 0 bridgehead atoms. The van der Waals surface area contributed by atoms with Crippen LogP contribution in [-0.2, 0) is 33.6 Å². The van der Waals surface area contributed by atoms with Crippen molar-refractivity contribution in [1.82, 2.24) is 0 Å². The molecule has 2 aliphatic carbocycles. The topological polar surface area (TPSA) is 52.6 Å². The van der Waals surface area contributed by atoms with Crippen molar-refractivity contribution in [2.45, 2.75) is 35.4 Å². The number of carbonyl (C=O) groups excluding carboxylic acids is 2. The van der Waals surface area contributed by atoms with Crippen LogP contribution in [0.15, 0.2) is 58.9 Å². The Hall–Kier alpha value is -2.21. The second-order valence-electron chi connectivity index (χ2n) is 8.86. The first-order chi connectivity index (χ1) is 14.3. The van der Waals surface area contributed by atoms with Crippen molar-refractivity contribution in [3.8, 4) is 0 Å². The van der Waals surface area contributed by atoms with Crippen LogP contribution < -0.4 is 0 Å². The molecule has 1 fully saturated rings. The SMILES string of the molecule is CC(=O)[O][Ti]1([O]C(C)=O)[CH]2C(=Cc3ccccc32)[Si](C)(C)C2=Cc3ccccc3[CH]21. The molecule has 2 unspecified atom stereocenters. The number of rotatable bonds is 2. The van der Waals surface area contributed by atoms with Crippen molar-refractivity contribution in [3.05, 3.63) is 81.2 Å². The van der Waals surface area contributed by atoms with Gasteiger partial charge in [-0.15, -0.1) is 0 Å². The molecule has 0 spiro atoms. The van der Waals surface area contributed by atoms with E-state index in [2.05, 4.69) is 49.5 Å². The molecule has 30 heavy (non-hydrogen) atoms. The van der Waals surface area contributed by atoms with Crippen LogP contribution in [0.1, 0.15) is 44.5 Å². The summed E-state index contributed by atoms with van der Waals surface area (Å²) in [5.74, 6) is -0.741. The first-order valence-corrected chi connectivity index (χ1v) is 16.3. The number of allylic oxidation sites excluding steroid dienone is 2. The average molecular weight is 452 g/mol. The molecule has 1 heterocycles. The molecule has 2 aromatic rings. The normalized spacial score (nSPS) is 23.9. The van der Waals surface area contributed by atoms with Crippen LogP contribution in [0.5, 0.6) is 0 Å². The summed E-state index contributed by atoms with van der Waals surface area (Å²) in [5, 5.41) is 2.64. The van der Waals surface area contributed by atoms with E-state index in [1.807, 2.05) is 24.3 Å². The van der Waals surface area contributed by atoms with Gasteiger partial charge in [-0.25, -0.2) is 0 Å². The second kappa shape index (κ2) is 6.64. The summed E-state index contributed by atoms with van der Waals surface area (Å²) in [4.78, 5) is 24.9. The molecular weight excluding hydrogens is 428 g/mol. The third-order valence-corrected chi connectivity index (χ3v) is 17.7. The summed E-state index contributed by atoms with van der Waals surface area (Å²) in [6.45, 7) is 7.61. The van der Waals surface area contributed by atoms with Crippen LogP contribution in [0.3, 0.4) is 0 Å². The maximum atomic E-state index is 12.5. The quantitative estimate of drug-likeness (QED) is 0.590. The summed E-state index contributed by atoms with van der Waals surface area (Å²) < 4.78 is 12.3. The fourth-order valence-corrected chi connectivity index (χ4v) is 20.3. The molecule has 0 N–H and O–H groups in total. The van der Waals surface area contributed by atoms with Crippen LogP contribution in [0.4, 0.5) is 0 Å². The summed E-state index contributed by atoms with van der Waals surface area (Å²) in [6.07, 6.45) is 4.55. The predicted molar refractivity (Wildman–Crippen MR) is 115 cm³/mol. The molecule has 0 aromatic heterocycles. The molecule has 6 heteroatoms.